The summed E-state index contributed by atoms with van der Waals surface area (Å²) in [7, 11) is 0. The van der Waals surface area contributed by atoms with Crippen LogP contribution < -0.4 is 16.4 Å². The Morgan fingerprint density at radius 1 is 1.40 bits per heavy atom. The highest BCUT2D eigenvalue weighted by molar-refractivity contribution is 5.80. The van der Waals surface area contributed by atoms with Gasteiger partial charge in [-0.25, -0.2) is 4.79 Å². The predicted molar refractivity (Wildman–Crippen MR) is 45.5 cm³/mol. The lowest BCUT2D eigenvalue weighted by atomic mass is 10.4. The monoisotopic (exact) mass is 228 g/mol. The van der Waals surface area contributed by atoms with Crippen LogP contribution >= 0.6 is 0 Å². The highest BCUT2D eigenvalue weighted by atomic mass is 19.4. The lowest BCUT2D eigenvalue weighted by Crippen LogP contribution is -2.41. The Bertz CT molecular complexity index is 241. The molecule has 0 aromatic carbocycles. The minimum atomic E-state index is -4.44. The van der Waals surface area contributed by atoms with Gasteiger partial charge in [-0.05, 0) is 0 Å². The zero-order valence-corrected chi connectivity index (χ0v) is 7.64. The Hall–Kier alpha value is -1.67. The summed E-state index contributed by atoms with van der Waals surface area (Å²) >= 11 is 0. The Morgan fingerprint density at radius 2 is 2.00 bits per heavy atom. The lowest BCUT2D eigenvalue weighted by Gasteiger charge is -2.09. The average Bonchev–Trinajstić information content (AvgIpc) is 2.13. The van der Waals surface area contributed by atoms with Gasteiger partial charge in [-0.3, -0.25) is 0 Å². The van der Waals surface area contributed by atoms with Crippen LogP contribution in [-0.2, 0) is 0 Å². The molecular weight excluding hydrogens is 217 g/mol. The van der Waals surface area contributed by atoms with E-state index in [1.165, 1.54) is 0 Å². The van der Waals surface area contributed by atoms with Crippen LogP contribution in [0.2, 0.25) is 0 Å². The number of halogens is 3. The van der Waals surface area contributed by atoms with Gasteiger partial charge in [0.25, 0.3) is 0 Å². The van der Waals surface area contributed by atoms with E-state index >= 15 is 0 Å². The third-order valence-electron chi connectivity index (χ3n) is 1.24. The standard InChI is InChI=1S/C6H11F3N4O2/c7-6(8,9)3-12-5(14)11-2-1-4(10)13-15/h15H,1-3H2,(H2,10,13)(H2,11,12,14). The van der Waals surface area contributed by atoms with E-state index in [1.54, 1.807) is 5.32 Å². The van der Waals surface area contributed by atoms with E-state index < -0.39 is 18.8 Å². The molecule has 6 nitrogen and oxygen atoms in total. The molecule has 0 bridgehead atoms. The fraction of sp³-hybridized carbons (Fsp3) is 0.667. The fourth-order valence-electron chi connectivity index (χ4n) is 0.597. The molecule has 0 rings (SSSR count). The maximum absolute atomic E-state index is 11.6. The van der Waals surface area contributed by atoms with Crippen LogP contribution in [0.25, 0.3) is 0 Å². The van der Waals surface area contributed by atoms with Crippen molar-refractivity contribution in [2.75, 3.05) is 13.1 Å². The van der Waals surface area contributed by atoms with Crippen LogP contribution in [0.1, 0.15) is 6.42 Å². The van der Waals surface area contributed by atoms with Gasteiger partial charge >= 0.3 is 12.2 Å². The normalized spacial score (nSPS) is 12.3. The number of amidine groups is 1. The molecule has 5 N–H and O–H groups in total. The quantitative estimate of drug-likeness (QED) is 0.235. The van der Waals surface area contributed by atoms with Crippen LogP contribution in [-0.4, -0.2) is 36.3 Å². The van der Waals surface area contributed by atoms with E-state index in [1.807, 2.05) is 0 Å². The number of hydrogen-bond acceptors (Lipinski definition) is 3. The van der Waals surface area contributed by atoms with Crippen molar-refractivity contribution in [3.8, 4) is 0 Å². The molecule has 0 radical (unpaired) electrons. The zero-order chi connectivity index (χ0) is 11.9. The summed E-state index contributed by atoms with van der Waals surface area (Å²) in [5.41, 5.74) is 5.05. The van der Waals surface area contributed by atoms with Crippen molar-refractivity contribution in [3.05, 3.63) is 0 Å². The first-order chi connectivity index (χ1) is 6.85. The molecule has 0 saturated carbocycles. The molecule has 0 aliphatic carbocycles. The second-order valence-electron chi connectivity index (χ2n) is 2.57. The first kappa shape index (κ1) is 13.3. The Labute approximate surface area is 83.3 Å². The van der Waals surface area contributed by atoms with E-state index in [4.69, 9.17) is 10.9 Å². The van der Waals surface area contributed by atoms with E-state index in [2.05, 4.69) is 10.5 Å². The molecule has 0 saturated heterocycles. The maximum atomic E-state index is 11.6. The van der Waals surface area contributed by atoms with E-state index in [-0.39, 0.29) is 18.8 Å². The van der Waals surface area contributed by atoms with E-state index in [0.29, 0.717) is 0 Å². The molecule has 9 heteroatoms. The zero-order valence-electron chi connectivity index (χ0n) is 7.64. The molecule has 0 heterocycles. The lowest BCUT2D eigenvalue weighted by molar-refractivity contribution is -0.122. The van der Waals surface area contributed by atoms with E-state index in [0.717, 1.165) is 0 Å². The second-order valence-corrected chi connectivity index (χ2v) is 2.57. The van der Waals surface area contributed by atoms with Crippen molar-refractivity contribution >= 4 is 11.9 Å². The van der Waals surface area contributed by atoms with Crippen molar-refractivity contribution in [1.29, 1.82) is 0 Å². The number of amides is 2. The van der Waals surface area contributed by atoms with Gasteiger partial charge in [0, 0.05) is 13.0 Å². The SMILES string of the molecule is NC(CCNC(=O)NCC(F)(F)F)=NO. The number of oxime groups is 1. The molecule has 0 unspecified atom stereocenters. The Morgan fingerprint density at radius 3 is 2.47 bits per heavy atom. The maximum Gasteiger partial charge on any atom is 0.405 e. The summed E-state index contributed by atoms with van der Waals surface area (Å²) in [5.74, 6) is -0.119. The predicted octanol–water partition coefficient (Wildman–Crippen LogP) is -0.0156. The molecule has 0 aliphatic rings. The third-order valence-corrected chi connectivity index (χ3v) is 1.24. The highest BCUT2D eigenvalue weighted by Crippen LogP contribution is 2.11. The number of carbonyl (C=O) groups excluding carboxylic acids is 1. The van der Waals surface area contributed by atoms with Gasteiger partial charge in [-0.1, -0.05) is 5.16 Å². The van der Waals surface area contributed by atoms with Crippen molar-refractivity contribution in [2.45, 2.75) is 12.6 Å². The molecule has 0 aliphatic heterocycles. The number of nitrogens with zero attached hydrogens (tertiary/aromatic N) is 1. The number of nitrogens with two attached hydrogens (primary N) is 1. The summed E-state index contributed by atoms with van der Waals surface area (Å²) in [6.45, 7) is -1.41. The molecule has 0 atom stereocenters. The molecule has 0 aromatic heterocycles. The molecule has 0 aromatic rings. The smallest absolute Gasteiger partial charge is 0.405 e. The van der Waals surface area contributed by atoms with Crippen LogP contribution in [0.5, 0.6) is 0 Å². The van der Waals surface area contributed by atoms with Crippen molar-refractivity contribution in [2.24, 2.45) is 10.9 Å². The van der Waals surface area contributed by atoms with Gasteiger partial charge < -0.3 is 21.6 Å². The summed E-state index contributed by atoms with van der Waals surface area (Å²) < 4.78 is 34.8. The van der Waals surface area contributed by atoms with Gasteiger partial charge in [0.15, 0.2) is 0 Å². The minimum Gasteiger partial charge on any atom is -0.409 e. The summed E-state index contributed by atoms with van der Waals surface area (Å²) in [5, 5.41) is 14.4. The largest absolute Gasteiger partial charge is 0.409 e. The van der Waals surface area contributed by atoms with Gasteiger partial charge in [-0.15, -0.1) is 0 Å². The van der Waals surface area contributed by atoms with E-state index in [9.17, 15) is 18.0 Å². The van der Waals surface area contributed by atoms with Gasteiger partial charge in [0.1, 0.15) is 12.4 Å². The first-order valence-electron chi connectivity index (χ1n) is 3.90. The summed E-state index contributed by atoms with van der Waals surface area (Å²) in [6.07, 6.45) is -4.39. The van der Waals surface area contributed by atoms with Crippen LogP contribution in [0.4, 0.5) is 18.0 Å². The molecular formula is C6H11F3N4O2. The van der Waals surface area contributed by atoms with Crippen molar-refractivity contribution in [3.63, 3.8) is 0 Å². The van der Waals surface area contributed by atoms with Gasteiger partial charge in [0.05, 0.1) is 0 Å². The number of hydrogen-bond donors (Lipinski definition) is 4. The molecule has 0 fully saturated rings. The molecule has 0 spiro atoms. The Balaban J connectivity index is 3.59. The summed E-state index contributed by atoms with van der Waals surface area (Å²) in [6, 6.07) is -0.960. The topological polar surface area (TPSA) is 99.7 Å². The van der Waals surface area contributed by atoms with Gasteiger partial charge in [-0.2, -0.15) is 13.2 Å². The number of carbonyl (C=O) groups is 1. The van der Waals surface area contributed by atoms with Crippen molar-refractivity contribution < 1.29 is 23.2 Å². The molecule has 15 heavy (non-hydrogen) atoms. The fourth-order valence-corrected chi connectivity index (χ4v) is 0.597. The first-order valence-corrected chi connectivity index (χ1v) is 3.90. The van der Waals surface area contributed by atoms with Crippen LogP contribution in [0, 0.1) is 0 Å². The number of rotatable bonds is 4. The summed E-state index contributed by atoms with van der Waals surface area (Å²) in [4.78, 5) is 10.7. The molecule has 2 amide bonds. The van der Waals surface area contributed by atoms with Crippen LogP contribution in [0.15, 0.2) is 5.16 Å². The number of nitrogens with one attached hydrogen (secondary N) is 2. The third kappa shape index (κ3) is 8.65. The highest BCUT2D eigenvalue weighted by Gasteiger charge is 2.27. The average molecular weight is 228 g/mol. The van der Waals surface area contributed by atoms with Crippen LogP contribution in [0.3, 0.4) is 0 Å². The second kappa shape index (κ2) is 5.94. The number of alkyl halides is 3. The Kier molecular flexibility index (Phi) is 5.27. The van der Waals surface area contributed by atoms with Crippen molar-refractivity contribution in [1.82, 2.24) is 10.6 Å². The minimum absolute atomic E-state index is 0.0143. The van der Waals surface area contributed by atoms with Gasteiger partial charge in [0.2, 0.25) is 0 Å². The number of urea groups is 1. The molecule has 88 valence electrons.